The van der Waals surface area contributed by atoms with Crippen LogP contribution in [0.1, 0.15) is 11.3 Å². The topological polar surface area (TPSA) is 57.4 Å². The van der Waals surface area contributed by atoms with Crippen molar-refractivity contribution >= 4 is 17.1 Å². The van der Waals surface area contributed by atoms with Crippen LogP contribution in [0.4, 0.5) is 0 Å². The molecule has 0 aliphatic heterocycles. The molecule has 4 heteroatoms. The van der Waals surface area contributed by atoms with Crippen molar-refractivity contribution in [2.45, 2.75) is 6.42 Å². The zero-order chi connectivity index (χ0) is 16.6. The largest absolute Gasteiger partial charge is 0.356 e. The minimum Gasteiger partial charge on any atom is -0.356 e. The van der Waals surface area contributed by atoms with E-state index in [1.807, 2.05) is 24.4 Å². The smallest absolute Gasteiger partial charge is 0.181 e. The third-order valence-electron chi connectivity index (χ3n) is 4.56. The van der Waals surface area contributed by atoms with Crippen LogP contribution in [0.5, 0.6) is 0 Å². The maximum Gasteiger partial charge on any atom is 0.181 e. The number of hydrogen-bond acceptors (Lipinski definition) is 2. The van der Waals surface area contributed by atoms with E-state index in [-0.39, 0.29) is 0 Å². The molecule has 0 saturated carbocycles. The summed E-state index contributed by atoms with van der Waals surface area (Å²) < 4.78 is 0. The molecule has 0 amide bonds. The lowest BCUT2D eigenvalue weighted by Crippen LogP contribution is -1.85. The molecule has 4 aromatic rings. The van der Waals surface area contributed by atoms with Gasteiger partial charge < -0.3 is 4.98 Å². The summed E-state index contributed by atoms with van der Waals surface area (Å²) in [6.07, 6.45) is 11.2. The molecule has 5 rings (SSSR count). The summed E-state index contributed by atoms with van der Waals surface area (Å²) >= 11 is 0. The van der Waals surface area contributed by atoms with E-state index in [9.17, 15) is 0 Å². The Hall–Kier alpha value is -3.40. The van der Waals surface area contributed by atoms with Crippen LogP contribution in [0.15, 0.2) is 66.9 Å². The van der Waals surface area contributed by atoms with E-state index in [4.69, 9.17) is 0 Å². The maximum atomic E-state index is 4.52. The second-order valence-electron chi connectivity index (χ2n) is 6.17. The molecule has 2 N–H and O–H groups in total. The van der Waals surface area contributed by atoms with Gasteiger partial charge in [-0.25, -0.2) is 4.98 Å². The molecule has 0 unspecified atom stereocenters. The molecule has 0 spiro atoms. The number of nitrogens with zero attached hydrogens (tertiary/aromatic N) is 2. The molecule has 25 heavy (non-hydrogen) atoms. The average molecular weight is 324 g/mol. The van der Waals surface area contributed by atoms with Gasteiger partial charge in [0.1, 0.15) is 0 Å². The van der Waals surface area contributed by atoms with Gasteiger partial charge in [0.05, 0.1) is 11.4 Å². The monoisotopic (exact) mass is 324 g/mol. The van der Waals surface area contributed by atoms with E-state index in [2.05, 4.69) is 68.7 Å². The van der Waals surface area contributed by atoms with Crippen LogP contribution in [0.25, 0.3) is 39.6 Å². The van der Waals surface area contributed by atoms with Crippen LogP contribution < -0.4 is 0 Å². The zero-order valence-corrected chi connectivity index (χ0v) is 13.5. The normalized spacial score (nSPS) is 13.1. The van der Waals surface area contributed by atoms with Gasteiger partial charge in [0, 0.05) is 29.3 Å². The van der Waals surface area contributed by atoms with Crippen LogP contribution in [0, 0.1) is 0 Å². The summed E-state index contributed by atoms with van der Waals surface area (Å²) in [4.78, 5) is 8.05. The number of nitrogens with one attached hydrogen (secondary N) is 2. The highest BCUT2D eigenvalue weighted by atomic mass is 15.2. The Bertz CT molecular complexity index is 1110. The lowest BCUT2D eigenvalue weighted by atomic mass is 10.1. The highest BCUT2D eigenvalue weighted by molar-refractivity contribution is 5.93. The molecular formula is C21H16N4. The molecule has 0 bridgehead atoms. The van der Waals surface area contributed by atoms with Gasteiger partial charge in [0.25, 0.3) is 0 Å². The van der Waals surface area contributed by atoms with Crippen molar-refractivity contribution in [3.8, 4) is 22.5 Å². The fourth-order valence-electron chi connectivity index (χ4n) is 3.28. The molecule has 0 atom stereocenters. The predicted octanol–water partition coefficient (Wildman–Crippen LogP) is 4.75. The average Bonchev–Trinajstić information content (AvgIpc) is 3.19. The second kappa shape index (κ2) is 5.60. The Morgan fingerprint density at radius 1 is 0.960 bits per heavy atom. The highest BCUT2D eigenvalue weighted by Gasteiger charge is 2.14. The van der Waals surface area contributed by atoms with E-state index in [1.54, 1.807) is 0 Å². The number of hydrogen-bond donors (Lipinski definition) is 2. The van der Waals surface area contributed by atoms with Gasteiger partial charge in [-0.1, -0.05) is 54.6 Å². The Kier molecular flexibility index (Phi) is 3.13. The number of fused-ring (bicyclic) bond motifs is 2. The first-order chi connectivity index (χ1) is 12.4. The number of aromatic amines is 2. The molecule has 0 radical (unpaired) electrons. The first-order valence-corrected chi connectivity index (χ1v) is 8.33. The summed E-state index contributed by atoms with van der Waals surface area (Å²) in [5.74, 6) is 0. The molecule has 1 aliphatic rings. The molecule has 0 fully saturated rings. The second-order valence-corrected chi connectivity index (χ2v) is 6.17. The van der Waals surface area contributed by atoms with Gasteiger partial charge in [-0.05, 0) is 23.3 Å². The summed E-state index contributed by atoms with van der Waals surface area (Å²) in [7, 11) is 0. The minimum absolute atomic E-state index is 0.731. The zero-order valence-electron chi connectivity index (χ0n) is 13.5. The third kappa shape index (κ3) is 2.39. The predicted molar refractivity (Wildman–Crippen MR) is 101 cm³/mol. The van der Waals surface area contributed by atoms with Crippen molar-refractivity contribution in [3.05, 3.63) is 78.1 Å². The van der Waals surface area contributed by atoms with Crippen molar-refractivity contribution < 1.29 is 0 Å². The number of allylic oxidation sites excluding steroid dienone is 3. The number of benzene rings is 1. The molecule has 0 saturated heterocycles. The number of pyridine rings is 1. The number of aromatic nitrogens is 4. The molecule has 1 aromatic carbocycles. The van der Waals surface area contributed by atoms with Crippen LogP contribution >= 0.6 is 0 Å². The van der Waals surface area contributed by atoms with Crippen LogP contribution in [-0.2, 0) is 6.42 Å². The maximum absolute atomic E-state index is 4.52. The molecule has 4 nitrogen and oxygen atoms in total. The third-order valence-corrected chi connectivity index (χ3v) is 4.56. The SMILES string of the molecule is C1=CCc2[nH]c(-c3[nH]nc4ncc(-c5ccccc5)cc34)cc2C=C1. The van der Waals surface area contributed by atoms with Crippen LogP contribution in [0.2, 0.25) is 0 Å². The van der Waals surface area contributed by atoms with Crippen molar-refractivity contribution in [2.75, 3.05) is 0 Å². The number of H-pyrrole nitrogens is 2. The van der Waals surface area contributed by atoms with Crippen molar-refractivity contribution in [2.24, 2.45) is 0 Å². The van der Waals surface area contributed by atoms with Gasteiger partial charge in [-0.15, -0.1) is 0 Å². The van der Waals surface area contributed by atoms with Crippen molar-refractivity contribution in [1.82, 2.24) is 20.2 Å². The quantitative estimate of drug-likeness (QED) is 0.559. The first-order valence-electron chi connectivity index (χ1n) is 8.33. The Morgan fingerprint density at radius 2 is 1.88 bits per heavy atom. The first kappa shape index (κ1) is 14.0. The Morgan fingerprint density at radius 3 is 2.80 bits per heavy atom. The van der Waals surface area contributed by atoms with E-state index in [0.29, 0.717) is 0 Å². The summed E-state index contributed by atoms with van der Waals surface area (Å²) in [5.41, 5.74) is 7.43. The van der Waals surface area contributed by atoms with Crippen molar-refractivity contribution in [3.63, 3.8) is 0 Å². The molecule has 3 heterocycles. The van der Waals surface area contributed by atoms with Gasteiger partial charge in [0.15, 0.2) is 5.65 Å². The Balaban J connectivity index is 1.65. The minimum atomic E-state index is 0.731. The summed E-state index contributed by atoms with van der Waals surface area (Å²) in [5, 5.41) is 8.54. The van der Waals surface area contributed by atoms with E-state index >= 15 is 0 Å². The fraction of sp³-hybridized carbons (Fsp3) is 0.0476. The fourth-order valence-corrected chi connectivity index (χ4v) is 3.28. The van der Waals surface area contributed by atoms with Crippen molar-refractivity contribution in [1.29, 1.82) is 0 Å². The summed E-state index contributed by atoms with van der Waals surface area (Å²) in [6, 6.07) is 14.6. The van der Waals surface area contributed by atoms with Gasteiger partial charge >= 0.3 is 0 Å². The van der Waals surface area contributed by atoms with E-state index in [0.717, 1.165) is 40.0 Å². The standard InChI is InChI=1S/C21H16N4/c1-3-7-14(8-4-1)16-11-17-20(24-25-21(17)22-13-16)19-12-15-9-5-2-6-10-18(15)23-19/h1-9,11-13,23H,10H2,(H,22,24,25). The van der Waals surface area contributed by atoms with Crippen LogP contribution in [0.3, 0.4) is 0 Å². The van der Waals surface area contributed by atoms with Gasteiger partial charge in [0.2, 0.25) is 0 Å². The lowest BCUT2D eigenvalue weighted by molar-refractivity contribution is 1.09. The number of rotatable bonds is 2. The van der Waals surface area contributed by atoms with E-state index < -0.39 is 0 Å². The summed E-state index contributed by atoms with van der Waals surface area (Å²) in [6.45, 7) is 0. The molecule has 1 aliphatic carbocycles. The van der Waals surface area contributed by atoms with Gasteiger partial charge in [-0.2, -0.15) is 5.10 Å². The van der Waals surface area contributed by atoms with Gasteiger partial charge in [-0.3, -0.25) is 5.10 Å². The molecule has 3 aromatic heterocycles. The molecule has 120 valence electrons. The highest BCUT2D eigenvalue weighted by Crippen LogP contribution is 2.30. The Labute approximate surface area is 144 Å². The lowest BCUT2D eigenvalue weighted by Gasteiger charge is -2.01. The van der Waals surface area contributed by atoms with Crippen LogP contribution in [-0.4, -0.2) is 20.2 Å². The molecular weight excluding hydrogens is 308 g/mol. The van der Waals surface area contributed by atoms with E-state index in [1.165, 1.54) is 11.3 Å².